The zero-order valence-corrected chi connectivity index (χ0v) is 8.47. The van der Waals surface area contributed by atoms with Gasteiger partial charge in [-0.05, 0) is 0 Å². The van der Waals surface area contributed by atoms with Crippen molar-refractivity contribution in [2.45, 2.75) is 0 Å². The standard InChI is InChI=1S/C8H8ClN3O3/c1-11-8(15)5(10)3-2-4(13)6(14)7(9)12-3/h2,10,14H,1H3,(H,11,15)(H,12,13). The highest BCUT2D eigenvalue weighted by Crippen LogP contribution is 2.15. The van der Waals surface area contributed by atoms with Crippen LogP contribution in [0.2, 0.25) is 5.15 Å². The van der Waals surface area contributed by atoms with Crippen LogP contribution in [0.15, 0.2) is 10.9 Å². The summed E-state index contributed by atoms with van der Waals surface area (Å²) in [4.78, 5) is 24.5. The molecule has 0 spiro atoms. The quantitative estimate of drug-likeness (QED) is 0.418. The Morgan fingerprint density at radius 1 is 1.67 bits per heavy atom. The summed E-state index contributed by atoms with van der Waals surface area (Å²) in [6.07, 6.45) is 0. The number of carbonyl (C=O) groups excluding carboxylic acids is 1. The SMILES string of the molecule is CNC(=O)C(=N)c1cc(=O)c(O)c(Cl)[nH]1. The van der Waals surface area contributed by atoms with Crippen molar-refractivity contribution in [3.63, 3.8) is 0 Å². The molecule has 0 unspecified atom stereocenters. The molecule has 1 rings (SSSR count). The minimum Gasteiger partial charge on any atom is -0.502 e. The summed E-state index contributed by atoms with van der Waals surface area (Å²) in [5.41, 5.74) is -1.24. The number of aromatic amines is 1. The third kappa shape index (κ3) is 2.16. The second-order valence-corrected chi connectivity index (χ2v) is 3.04. The van der Waals surface area contributed by atoms with E-state index in [-0.39, 0.29) is 10.8 Å². The first-order chi connectivity index (χ1) is 6.97. The highest BCUT2D eigenvalue weighted by atomic mass is 35.5. The van der Waals surface area contributed by atoms with Crippen LogP contribution < -0.4 is 10.7 Å². The number of rotatable bonds is 2. The molecule has 0 aliphatic heterocycles. The molecule has 0 bridgehead atoms. The third-order valence-electron chi connectivity index (χ3n) is 1.68. The summed E-state index contributed by atoms with van der Waals surface area (Å²) in [6.45, 7) is 0. The number of hydrogen-bond donors (Lipinski definition) is 4. The highest BCUT2D eigenvalue weighted by Gasteiger charge is 2.14. The van der Waals surface area contributed by atoms with E-state index in [0.29, 0.717) is 0 Å². The van der Waals surface area contributed by atoms with Crippen molar-refractivity contribution in [1.29, 1.82) is 5.41 Å². The number of H-pyrrole nitrogens is 1. The minimum absolute atomic E-state index is 0.0536. The molecule has 1 heterocycles. The average Bonchev–Trinajstić information content (AvgIpc) is 2.23. The Bertz CT molecular complexity index is 481. The lowest BCUT2D eigenvalue weighted by molar-refractivity contribution is -0.114. The van der Waals surface area contributed by atoms with Gasteiger partial charge in [-0.25, -0.2) is 0 Å². The van der Waals surface area contributed by atoms with Crippen LogP contribution >= 0.6 is 11.6 Å². The minimum atomic E-state index is -0.748. The second kappa shape index (κ2) is 4.14. The molecular formula is C8H8ClN3O3. The maximum absolute atomic E-state index is 11.1. The number of likely N-dealkylation sites (N-methyl/N-ethyl adjacent to an activating group) is 1. The fourth-order valence-corrected chi connectivity index (χ4v) is 1.10. The Labute approximate surface area is 89.4 Å². The van der Waals surface area contributed by atoms with Gasteiger partial charge in [0.05, 0.1) is 5.69 Å². The average molecular weight is 230 g/mol. The molecule has 15 heavy (non-hydrogen) atoms. The van der Waals surface area contributed by atoms with Crippen LogP contribution in [0.1, 0.15) is 5.69 Å². The van der Waals surface area contributed by atoms with Gasteiger partial charge in [-0.1, -0.05) is 11.6 Å². The van der Waals surface area contributed by atoms with Crippen molar-refractivity contribution in [3.05, 3.63) is 27.1 Å². The van der Waals surface area contributed by atoms with E-state index in [1.165, 1.54) is 7.05 Å². The van der Waals surface area contributed by atoms with Crippen LogP contribution in [0.4, 0.5) is 0 Å². The van der Waals surface area contributed by atoms with E-state index in [2.05, 4.69) is 10.3 Å². The zero-order valence-electron chi connectivity index (χ0n) is 7.72. The number of aromatic nitrogens is 1. The van der Waals surface area contributed by atoms with Gasteiger partial charge in [-0.2, -0.15) is 0 Å². The van der Waals surface area contributed by atoms with Crippen LogP contribution in [0.5, 0.6) is 5.75 Å². The van der Waals surface area contributed by atoms with Gasteiger partial charge in [-0.3, -0.25) is 15.0 Å². The van der Waals surface area contributed by atoms with E-state index in [4.69, 9.17) is 22.1 Å². The van der Waals surface area contributed by atoms with Gasteiger partial charge < -0.3 is 15.4 Å². The van der Waals surface area contributed by atoms with Crippen molar-refractivity contribution >= 4 is 23.2 Å². The Hall–Kier alpha value is -1.82. The first-order valence-corrected chi connectivity index (χ1v) is 4.28. The van der Waals surface area contributed by atoms with Gasteiger partial charge in [0.25, 0.3) is 5.91 Å². The predicted molar refractivity (Wildman–Crippen MR) is 54.6 cm³/mol. The molecule has 1 aromatic rings. The van der Waals surface area contributed by atoms with E-state index in [1.807, 2.05) is 0 Å². The second-order valence-electron chi connectivity index (χ2n) is 2.66. The van der Waals surface area contributed by atoms with Crippen molar-refractivity contribution in [2.75, 3.05) is 7.05 Å². The van der Waals surface area contributed by atoms with Crippen molar-refractivity contribution in [3.8, 4) is 5.75 Å². The van der Waals surface area contributed by atoms with Gasteiger partial charge >= 0.3 is 0 Å². The van der Waals surface area contributed by atoms with Crippen LogP contribution in [0, 0.1) is 5.41 Å². The maximum atomic E-state index is 11.1. The van der Waals surface area contributed by atoms with Crippen LogP contribution in [-0.2, 0) is 4.79 Å². The third-order valence-corrected chi connectivity index (χ3v) is 1.96. The van der Waals surface area contributed by atoms with Crippen LogP contribution in [-0.4, -0.2) is 28.8 Å². The van der Waals surface area contributed by atoms with Gasteiger partial charge in [0.1, 0.15) is 5.71 Å². The molecule has 0 aromatic carbocycles. The van der Waals surface area contributed by atoms with Crippen molar-refractivity contribution in [2.24, 2.45) is 0 Å². The summed E-state index contributed by atoms with van der Waals surface area (Å²) in [7, 11) is 1.36. The van der Waals surface area contributed by atoms with Gasteiger partial charge in [0.2, 0.25) is 5.43 Å². The largest absolute Gasteiger partial charge is 0.502 e. The first-order valence-electron chi connectivity index (χ1n) is 3.90. The summed E-state index contributed by atoms with van der Waals surface area (Å²) < 4.78 is 0. The number of hydrogen-bond acceptors (Lipinski definition) is 4. The summed E-state index contributed by atoms with van der Waals surface area (Å²) in [5, 5.41) is 18.4. The lowest BCUT2D eigenvalue weighted by atomic mass is 10.2. The number of nitrogens with one attached hydrogen (secondary N) is 3. The lowest BCUT2D eigenvalue weighted by Gasteiger charge is -2.03. The number of amides is 1. The number of halogens is 1. The molecule has 0 radical (unpaired) electrons. The fraction of sp³-hybridized carbons (Fsp3) is 0.125. The smallest absolute Gasteiger partial charge is 0.271 e. The van der Waals surface area contributed by atoms with E-state index < -0.39 is 22.8 Å². The van der Waals surface area contributed by atoms with Gasteiger partial charge in [-0.15, -0.1) is 0 Å². The van der Waals surface area contributed by atoms with Gasteiger partial charge in [0.15, 0.2) is 10.9 Å². The lowest BCUT2D eigenvalue weighted by Crippen LogP contribution is -2.29. The van der Waals surface area contributed by atoms with Crippen molar-refractivity contribution < 1.29 is 9.90 Å². The highest BCUT2D eigenvalue weighted by molar-refractivity contribution is 6.43. The normalized spacial score (nSPS) is 9.73. The molecule has 4 N–H and O–H groups in total. The molecule has 0 saturated carbocycles. The fourth-order valence-electron chi connectivity index (χ4n) is 0.903. The molecular weight excluding hydrogens is 222 g/mol. The molecule has 0 fully saturated rings. The monoisotopic (exact) mass is 229 g/mol. The maximum Gasteiger partial charge on any atom is 0.271 e. The molecule has 7 heteroatoms. The molecule has 1 aromatic heterocycles. The number of carbonyl (C=O) groups is 1. The molecule has 0 aliphatic rings. The number of pyridine rings is 1. The molecule has 1 amide bonds. The van der Waals surface area contributed by atoms with Crippen LogP contribution in [0.3, 0.4) is 0 Å². The molecule has 0 saturated heterocycles. The van der Waals surface area contributed by atoms with E-state index in [9.17, 15) is 9.59 Å². The number of aromatic hydroxyl groups is 1. The summed E-state index contributed by atoms with van der Waals surface area (Å²) >= 11 is 5.48. The van der Waals surface area contributed by atoms with Gasteiger partial charge in [0, 0.05) is 13.1 Å². The first kappa shape index (κ1) is 11.3. The Morgan fingerprint density at radius 2 is 2.27 bits per heavy atom. The van der Waals surface area contributed by atoms with E-state index in [1.54, 1.807) is 0 Å². The zero-order chi connectivity index (χ0) is 11.6. The summed E-state index contributed by atoms with van der Waals surface area (Å²) in [5.74, 6) is -1.29. The van der Waals surface area contributed by atoms with Crippen molar-refractivity contribution in [1.82, 2.24) is 10.3 Å². The summed E-state index contributed by atoms with van der Waals surface area (Å²) in [6, 6.07) is 0.929. The topological polar surface area (TPSA) is 106 Å². The molecule has 0 aliphatic carbocycles. The molecule has 0 atom stereocenters. The molecule has 80 valence electrons. The Kier molecular flexibility index (Phi) is 3.11. The molecule has 6 nitrogen and oxygen atoms in total. The Balaban J connectivity index is 3.24. The van der Waals surface area contributed by atoms with E-state index in [0.717, 1.165) is 6.07 Å². The Morgan fingerprint density at radius 3 is 2.73 bits per heavy atom. The predicted octanol–water partition coefficient (Wildman–Crippen LogP) is -0.152. The van der Waals surface area contributed by atoms with Crippen LogP contribution in [0.25, 0.3) is 0 Å². The van der Waals surface area contributed by atoms with E-state index >= 15 is 0 Å².